The third-order valence-electron chi connectivity index (χ3n) is 4.46. The maximum absolute atomic E-state index is 12.6. The Morgan fingerprint density at radius 1 is 0.879 bits per heavy atom. The molecule has 33 heavy (non-hydrogen) atoms. The minimum absolute atomic E-state index is 0. The third kappa shape index (κ3) is 5.98. The monoisotopic (exact) mass is 503 g/mol. The Balaban J connectivity index is 0.00000193. The van der Waals surface area contributed by atoms with Gasteiger partial charge in [0.15, 0.2) is 0 Å². The zero-order valence-corrected chi connectivity index (χ0v) is 23.0. The van der Waals surface area contributed by atoms with Gasteiger partial charge in [0.1, 0.15) is 31.6 Å². The maximum Gasteiger partial charge on any atom is 1.00 e. The second-order valence-electron chi connectivity index (χ2n) is 6.48. The number of pyridine rings is 1. The SMILES string of the molecule is O=C1/C(=N/Nc2ccc3cc(S(=O)(=O)[O-])ccc3c2)C=C(S(=O)(=O)[O-])c2cccnc21.[Na+].[Na+]. The summed E-state index contributed by atoms with van der Waals surface area (Å²) < 4.78 is 68.3. The molecule has 0 saturated carbocycles. The quantitative estimate of drug-likeness (QED) is 0.210. The number of carbonyl (C=O) groups is 1. The minimum Gasteiger partial charge on any atom is -0.744 e. The van der Waals surface area contributed by atoms with Crippen LogP contribution < -0.4 is 64.5 Å². The first-order chi connectivity index (χ1) is 14.5. The van der Waals surface area contributed by atoms with Crippen molar-refractivity contribution in [2.45, 2.75) is 4.90 Å². The molecule has 158 valence electrons. The summed E-state index contributed by atoms with van der Waals surface area (Å²) in [5.74, 6) is -0.665. The van der Waals surface area contributed by atoms with Crippen molar-refractivity contribution in [3.8, 4) is 0 Å². The van der Waals surface area contributed by atoms with Crippen molar-refractivity contribution >= 4 is 53.1 Å². The molecule has 0 atom stereocenters. The van der Waals surface area contributed by atoms with Crippen LogP contribution >= 0.6 is 0 Å². The topological polar surface area (TPSA) is 169 Å². The summed E-state index contributed by atoms with van der Waals surface area (Å²) in [5.41, 5.74) is 2.37. The van der Waals surface area contributed by atoms with Crippen LogP contribution in [0, 0.1) is 0 Å². The van der Waals surface area contributed by atoms with E-state index >= 15 is 0 Å². The normalized spacial score (nSPS) is 14.7. The molecule has 0 fully saturated rings. The predicted molar refractivity (Wildman–Crippen MR) is 109 cm³/mol. The minimum atomic E-state index is -4.89. The van der Waals surface area contributed by atoms with Crippen molar-refractivity contribution in [1.82, 2.24) is 4.98 Å². The van der Waals surface area contributed by atoms with E-state index in [2.05, 4.69) is 15.5 Å². The molecule has 0 amide bonds. The summed E-state index contributed by atoms with van der Waals surface area (Å²) in [5, 5.41) is 4.98. The molecule has 1 heterocycles. The molecule has 2 aromatic carbocycles. The van der Waals surface area contributed by atoms with Crippen LogP contribution in [0.5, 0.6) is 0 Å². The van der Waals surface area contributed by atoms with E-state index in [-0.39, 0.29) is 81.0 Å². The first-order valence-corrected chi connectivity index (χ1v) is 11.4. The Kier molecular flexibility index (Phi) is 8.79. The van der Waals surface area contributed by atoms with Crippen molar-refractivity contribution < 1.29 is 89.9 Å². The number of nitrogens with zero attached hydrogens (tertiary/aromatic N) is 2. The standard InChI is InChI=1S/C19H13N3O7S2.2Na/c23-19-16(10-17(31(27,28)29)15-2-1-7-20-18(15)19)22-21-13-5-3-12-9-14(30(24,25)26)6-4-11(12)8-13;;/h1-10,21H,(H,24,25,26)(H,27,28,29);;/q;2*+1/p-2/b22-16+;;. The molecule has 0 spiro atoms. The van der Waals surface area contributed by atoms with Crippen molar-refractivity contribution in [1.29, 1.82) is 0 Å². The molecule has 1 aromatic heterocycles. The third-order valence-corrected chi connectivity index (χ3v) is 6.17. The number of hydrogen-bond donors (Lipinski definition) is 1. The summed E-state index contributed by atoms with van der Waals surface area (Å²) in [7, 11) is -9.48. The molecule has 14 heteroatoms. The van der Waals surface area contributed by atoms with Crippen molar-refractivity contribution in [2.75, 3.05) is 5.43 Å². The fraction of sp³-hybridized carbons (Fsp3) is 0. The predicted octanol–water partition coefficient (Wildman–Crippen LogP) is -4.30. The summed E-state index contributed by atoms with van der Waals surface area (Å²) in [6.45, 7) is 0. The number of rotatable bonds is 4. The van der Waals surface area contributed by atoms with Gasteiger partial charge in [-0.1, -0.05) is 12.1 Å². The number of hydrazone groups is 1. The Morgan fingerprint density at radius 2 is 1.55 bits per heavy atom. The van der Waals surface area contributed by atoms with Crippen molar-refractivity contribution in [2.24, 2.45) is 5.10 Å². The molecule has 1 aliphatic carbocycles. The van der Waals surface area contributed by atoms with E-state index in [9.17, 15) is 30.7 Å². The summed E-state index contributed by atoms with van der Waals surface area (Å²) in [6.07, 6.45) is 2.18. The molecular weight excluding hydrogens is 492 g/mol. The van der Waals surface area contributed by atoms with Gasteiger partial charge in [-0.2, -0.15) is 5.10 Å². The van der Waals surface area contributed by atoms with E-state index in [4.69, 9.17) is 0 Å². The average Bonchev–Trinajstić information content (AvgIpc) is 2.71. The van der Waals surface area contributed by atoms with Gasteiger partial charge in [0, 0.05) is 11.8 Å². The van der Waals surface area contributed by atoms with Crippen LogP contribution in [-0.4, -0.2) is 42.4 Å². The van der Waals surface area contributed by atoms with Gasteiger partial charge in [0.2, 0.25) is 5.78 Å². The maximum atomic E-state index is 12.6. The number of nitrogens with one attached hydrogen (secondary N) is 1. The van der Waals surface area contributed by atoms with E-state index < -0.39 is 30.9 Å². The average molecular weight is 503 g/mol. The molecule has 10 nitrogen and oxygen atoms in total. The summed E-state index contributed by atoms with van der Waals surface area (Å²) in [6, 6.07) is 11.2. The first-order valence-electron chi connectivity index (χ1n) is 8.55. The number of Topliss-reactive ketones (excluding diaryl/α,β-unsaturated/α-hetero) is 1. The largest absolute Gasteiger partial charge is 1.00 e. The molecular formula is C19H11N3Na2O7S2. The number of carbonyl (C=O) groups excluding carboxylic acids is 1. The molecule has 0 saturated heterocycles. The van der Waals surface area contributed by atoms with Crippen molar-refractivity contribution in [3.63, 3.8) is 0 Å². The number of allylic oxidation sites excluding steroid dienone is 1. The molecule has 0 bridgehead atoms. The second kappa shape index (κ2) is 10.4. The number of hydrogen-bond acceptors (Lipinski definition) is 10. The summed E-state index contributed by atoms with van der Waals surface area (Å²) >= 11 is 0. The van der Waals surface area contributed by atoms with Gasteiger partial charge in [0.05, 0.1) is 15.5 Å². The Labute approximate surface area is 233 Å². The van der Waals surface area contributed by atoms with E-state index in [1.54, 1.807) is 6.07 Å². The zero-order chi connectivity index (χ0) is 22.4. The number of benzene rings is 2. The smallest absolute Gasteiger partial charge is 0.744 e. The van der Waals surface area contributed by atoms with Crippen LogP contribution in [-0.2, 0) is 20.2 Å². The number of fused-ring (bicyclic) bond motifs is 2. The molecule has 0 unspecified atom stereocenters. The fourth-order valence-corrected chi connectivity index (χ4v) is 4.23. The van der Waals surface area contributed by atoms with Crippen LogP contribution in [0.1, 0.15) is 16.1 Å². The number of ketones is 1. The molecule has 1 aliphatic rings. The zero-order valence-electron chi connectivity index (χ0n) is 17.3. The van der Waals surface area contributed by atoms with Crippen LogP contribution in [0.4, 0.5) is 5.69 Å². The van der Waals surface area contributed by atoms with Gasteiger partial charge >= 0.3 is 59.1 Å². The van der Waals surface area contributed by atoms with E-state index in [0.29, 0.717) is 16.5 Å². The van der Waals surface area contributed by atoms with Gasteiger partial charge in [-0.15, -0.1) is 0 Å². The van der Waals surface area contributed by atoms with Crippen LogP contribution in [0.2, 0.25) is 0 Å². The Hall–Kier alpha value is -1.45. The summed E-state index contributed by atoms with van der Waals surface area (Å²) in [4.78, 5) is 15.5. The second-order valence-corrected chi connectivity index (χ2v) is 9.21. The van der Waals surface area contributed by atoms with E-state index in [1.165, 1.54) is 48.7 Å². The van der Waals surface area contributed by atoms with Crippen LogP contribution in [0.3, 0.4) is 0 Å². The fourth-order valence-electron chi connectivity index (χ4n) is 3.04. The molecule has 0 aliphatic heterocycles. The van der Waals surface area contributed by atoms with Gasteiger partial charge in [-0.05, 0) is 53.2 Å². The van der Waals surface area contributed by atoms with Crippen molar-refractivity contribution in [3.05, 3.63) is 72.1 Å². The molecule has 1 N–H and O–H groups in total. The van der Waals surface area contributed by atoms with Gasteiger partial charge in [0.25, 0.3) is 0 Å². The molecule has 3 aromatic rings. The van der Waals surface area contributed by atoms with Gasteiger partial charge in [-0.25, -0.2) is 16.8 Å². The van der Waals surface area contributed by atoms with E-state index in [0.717, 1.165) is 6.08 Å². The molecule has 4 rings (SSSR count). The van der Waals surface area contributed by atoms with Crippen LogP contribution in [0.25, 0.3) is 15.7 Å². The Bertz CT molecular complexity index is 1540. The number of aromatic nitrogens is 1. The first kappa shape index (κ1) is 27.8. The van der Waals surface area contributed by atoms with Crippen LogP contribution in [0.15, 0.2) is 70.8 Å². The number of anilines is 1. The Morgan fingerprint density at radius 3 is 2.21 bits per heavy atom. The van der Waals surface area contributed by atoms with E-state index in [1.807, 2.05) is 0 Å². The molecule has 0 radical (unpaired) electrons. The van der Waals surface area contributed by atoms with Gasteiger partial charge in [-0.3, -0.25) is 15.2 Å². The van der Waals surface area contributed by atoms with Gasteiger partial charge < -0.3 is 9.11 Å².